The van der Waals surface area contributed by atoms with E-state index in [-0.39, 0.29) is 0 Å². The van der Waals surface area contributed by atoms with Gasteiger partial charge in [-0.1, -0.05) is 6.07 Å². The number of benzene rings is 1. The maximum atomic E-state index is 4.33. The first-order valence-corrected chi connectivity index (χ1v) is 5.97. The van der Waals surface area contributed by atoms with E-state index in [2.05, 4.69) is 25.6 Å². The summed E-state index contributed by atoms with van der Waals surface area (Å²) >= 11 is 0. The molecular formula is C14H13N5. The van der Waals surface area contributed by atoms with Gasteiger partial charge in [0.25, 0.3) is 0 Å². The molecule has 3 rings (SSSR count). The van der Waals surface area contributed by atoms with E-state index in [9.17, 15) is 0 Å². The van der Waals surface area contributed by atoms with Crippen LogP contribution in [0.1, 0.15) is 0 Å². The van der Waals surface area contributed by atoms with Crippen LogP contribution in [0.4, 0.5) is 17.3 Å². The first kappa shape index (κ1) is 11.4. The summed E-state index contributed by atoms with van der Waals surface area (Å²) in [6.07, 6.45) is 3.31. The Bertz CT molecular complexity index is 706. The Labute approximate surface area is 110 Å². The van der Waals surface area contributed by atoms with Gasteiger partial charge in [0.1, 0.15) is 18.0 Å². The van der Waals surface area contributed by atoms with Crippen molar-refractivity contribution >= 4 is 28.2 Å². The van der Waals surface area contributed by atoms with Crippen molar-refractivity contribution in [2.24, 2.45) is 0 Å². The Kier molecular flexibility index (Phi) is 2.94. The third kappa shape index (κ3) is 2.30. The maximum absolute atomic E-state index is 4.33. The number of pyridine rings is 1. The van der Waals surface area contributed by atoms with E-state index < -0.39 is 0 Å². The van der Waals surface area contributed by atoms with E-state index in [1.807, 2.05) is 43.4 Å². The molecule has 2 N–H and O–H groups in total. The number of hydrogen-bond donors (Lipinski definition) is 2. The molecule has 94 valence electrons. The highest BCUT2D eigenvalue weighted by atomic mass is 15.1. The lowest BCUT2D eigenvalue weighted by Gasteiger charge is -2.09. The highest BCUT2D eigenvalue weighted by Crippen LogP contribution is 2.24. The molecular weight excluding hydrogens is 238 g/mol. The van der Waals surface area contributed by atoms with Gasteiger partial charge in [0.2, 0.25) is 0 Å². The Morgan fingerprint density at radius 1 is 0.947 bits per heavy atom. The molecule has 0 atom stereocenters. The molecule has 5 nitrogen and oxygen atoms in total. The van der Waals surface area contributed by atoms with Crippen LogP contribution >= 0.6 is 0 Å². The monoisotopic (exact) mass is 251 g/mol. The van der Waals surface area contributed by atoms with Crippen LogP contribution in [0.2, 0.25) is 0 Å². The highest BCUT2D eigenvalue weighted by Gasteiger charge is 2.03. The van der Waals surface area contributed by atoms with Gasteiger partial charge in [-0.25, -0.2) is 9.97 Å². The third-order valence-electron chi connectivity index (χ3n) is 2.83. The van der Waals surface area contributed by atoms with Crippen molar-refractivity contribution in [2.75, 3.05) is 17.7 Å². The standard InChI is InChI=1S/C14H13N5/c1-15-13-8-14(18-9-17-13)19-12-6-2-5-11-10(12)4-3-7-16-11/h2-9H,1H3,(H2,15,17,18,19). The molecule has 0 aliphatic heterocycles. The zero-order chi connectivity index (χ0) is 13.1. The van der Waals surface area contributed by atoms with Gasteiger partial charge in [0.15, 0.2) is 0 Å². The fraction of sp³-hybridized carbons (Fsp3) is 0.0714. The average Bonchev–Trinajstić information content (AvgIpc) is 2.48. The molecule has 0 aliphatic rings. The van der Waals surface area contributed by atoms with Gasteiger partial charge < -0.3 is 10.6 Å². The summed E-state index contributed by atoms with van der Waals surface area (Å²) in [7, 11) is 1.83. The van der Waals surface area contributed by atoms with Crippen LogP contribution < -0.4 is 10.6 Å². The fourth-order valence-electron chi connectivity index (χ4n) is 1.91. The van der Waals surface area contributed by atoms with Crippen LogP contribution in [0.3, 0.4) is 0 Å². The molecule has 0 amide bonds. The van der Waals surface area contributed by atoms with Crippen LogP contribution in [0, 0.1) is 0 Å². The van der Waals surface area contributed by atoms with Crippen LogP contribution in [0.15, 0.2) is 48.9 Å². The molecule has 19 heavy (non-hydrogen) atoms. The second-order valence-electron chi connectivity index (χ2n) is 4.04. The molecule has 0 saturated heterocycles. The fourth-order valence-corrected chi connectivity index (χ4v) is 1.91. The molecule has 1 aromatic carbocycles. The summed E-state index contributed by atoms with van der Waals surface area (Å²) in [6.45, 7) is 0. The molecule has 0 unspecified atom stereocenters. The zero-order valence-electron chi connectivity index (χ0n) is 10.5. The van der Waals surface area contributed by atoms with E-state index >= 15 is 0 Å². The molecule has 2 aromatic heterocycles. The molecule has 0 spiro atoms. The quantitative estimate of drug-likeness (QED) is 0.749. The van der Waals surface area contributed by atoms with Gasteiger partial charge in [-0.3, -0.25) is 4.98 Å². The van der Waals surface area contributed by atoms with Gasteiger partial charge in [-0.05, 0) is 24.3 Å². The Morgan fingerprint density at radius 2 is 1.84 bits per heavy atom. The van der Waals surface area contributed by atoms with Gasteiger partial charge >= 0.3 is 0 Å². The van der Waals surface area contributed by atoms with Gasteiger partial charge in [0.05, 0.1) is 5.52 Å². The van der Waals surface area contributed by atoms with Crippen LogP contribution in [-0.4, -0.2) is 22.0 Å². The van der Waals surface area contributed by atoms with Crippen LogP contribution in [0.5, 0.6) is 0 Å². The third-order valence-corrected chi connectivity index (χ3v) is 2.83. The van der Waals surface area contributed by atoms with Crippen molar-refractivity contribution < 1.29 is 0 Å². The molecule has 0 radical (unpaired) electrons. The molecule has 0 saturated carbocycles. The number of hydrogen-bond acceptors (Lipinski definition) is 5. The van der Waals surface area contributed by atoms with E-state index in [1.165, 1.54) is 6.33 Å². The molecule has 2 heterocycles. The largest absolute Gasteiger partial charge is 0.373 e. The average molecular weight is 251 g/mol. The van der Waals surface area contributed by atoms with E-state index in [0.29, 0.717) is 0 Å². The van der Waals surface area contributed by atoms with Crippen molar-refractivity contribution in [2.45, 2.75) is 0 Å². The number of nitrogens with one attached hydrogen (secondary N) is 2. The van der Waals surface area contributed by atoms with Crippen molar-refractivity contribution in [3.8, 4) is 0 Å². The van der Waals surface area contributed by atoms with Gasteiger partial charge in [-0.15, -0.1) is 0 Å². The lowest BCUT2D eigenvalue weighted by atomic mass is 10.2. The summed E-state index contributed by atoms with van der Waals surface area (Å²) in [5, 5.41) is 7.34. The number of anilines is 3. The zero-order valence-corrected chi connectivity index (χ0v) is 10.5. The first-order chi connectivity index (χ1) is 9.36. The van der Waals surface area contributed by atoms with Crippen molar-refractivity contribution in [1.82, 2.24) is 15.0 Å². The minimum atomic E-state index is 0.746. The van der Waals surface area contributed by atoms with E-state index in [0.717, 1.165) is 28.2 Å². The van der Waals surface area contributed by atoms with Crippen LogP contribution in [0.25, 0.3) is 10.9 Å². The second-order valence-corrected chi connectivity index (χ2v) is 4.04. The van der Waals surface area contributed by atoms with Crippen molar-refractivity contribution in [1.29, 1.82) is 0 Å². The molecule has 5 heteroatoms. The maximum Gasteiger partial charge on any atom is 0.135 e. The normalized spacial score (nSPS) is 10.4. The second kappa shape index (κ2) is 4.89. The smallest absolute Gasteiger partial charge is 0.135 e. The summed E-state index contributed by atoms with van der Waals surface area (Å²) in [6, 6.07) is 11.8. The van der Waals surface area contributed by atoms with Crippen molar-refractivity contribution in [3.63, 3.8) is 0 Å². The highest BCUT2D eigenvalue weighted by molar-refractivity contribution is 5.92. The number of nitrogens with zero attached hydrogens (tertiary/aromatic N) is 3. The topological polar surface area (TPSA) is 62.7 Å². The van der Waals surface area contributed by atoms with E-state index in [1.54, 1.807) is 6.20 Å². The summed E-state index contributed by atoms with van der Waals surface area (Å²) in [5.41, 5.74) is 1.93. The lowest BCUT2D eigenvalue weighted by molar-refractivity contribution is 1.16. The summed E-state index contributed by atoms with van der Waals surface area (Å²) in [5.74, 6) is 1.52. The van der Waals surface area contributed by atoms with Crippen LogP contribution in [-0.2, 0) is 0 Å². The molecule has 0 aliphatic carbocycles. The SMILES string of the molecule is CNc1cc(Nc2cccc3ncccc23)ncn1. The number of rotatable bonds is 3. The molecule has 3 aromatic rings. The number of aromatic nitrogens is 3. The van der Waals surface area contributed by atoms with E-state index in [4.69, 9.17) is 0 Å². The predicted molar refractivity (Wildman–Crippen MR) is 76.6 cm³/mol. The first-order valence-electron chi connectivity index (χ1n) is 5.97. The van der Waals surface area contributed by atoms with Crippen molar-refractivity contribution in [3.05, 3.63) is 48.9 Å². The minimum absolute atomic E-state index is 0.746. The summed E-state index contributed by atoms with van der Waals surface area (Å²) in [4.78, 5) is 12.6. The Hall–Kier alpha value is -2.69. The molecule has 0 fully saturated rings. The Balaban J connectivity index is 2.01. The lowest BCUT2D eigenvalue weighted by Crippen LogP contribution is -1.98. The van der Waals surface area contributed by atoms with Gasteiger partial charge in [-0.2, -0.15) is 0 Å². The predicted octanol–water partition coefficient (Wildman–Crippen LogP) is 2.81. The Morgan fingerprint density at radius 3 is 2.74 bits per heavy atom. The number of fused-ring (bicyclic) bond motifs is 1. The van der Waals surface area contributed by atoms with Gasteiger partial charge in [0, 0.05) is 30.4 Å². The minimum Gasteiger partial charge on any atom is -0.373 e. The summed E-state index contributed by atoms with van der Waals surface area (Å²) < 4.78 is 0. The molecule has 0 bridgehead atoms.